The van der Waals surface area contributed by atoms with Gasteiger partial charge in [0, 0.05) is 6.07 Å². The zero-order valence-corrected chi connectivity index (χ0v) is 11.9. The van der Waals surface area contributed by atoms with Crippen LogP contribution in [0.5, 0.6) is 5.75 Å². The number of aromatic nitrogens is 1. The summed E-state index contributed by atoms with van der Waals surface area (Å²) in [5.41, 5.74) is 0. The minimum atomic E-state index is -3.94. The van der Waals surface area contributed by atoms with E-state index in [0.717, 1.165) is 12.3 Å². The van der Waals surface area contributed by atoms with Gasteiger partial charge in [0.05, 0.1) is 18.3 Å². The maximum Gasteiger partial charge on any atom is 0.264 e. The van der Waals surface area contributed by atoms with Crippen LogP contribution in [0, 0.1) is 5.82 Å². The summed E-state index contributed by atoms with van der Waals surface area (Å²) in [6, 6.07) is 6.54. The highest BCUT2D eigenvalue weighted by atomic mass is 35.5. The second-order valence-corrected chi connectivity index (χ2v) is 5.82. The highest BCUT2D eigenvalue weighted by Crippen LogP contribution is 2.27. The minimum Gasteiger partial charge on any atom is -0.497 e. The fourth-order valence-corrected chi connectivity index (χ4v) is 2.97. The maximum absolute atomic E-state index is 12.7. The summed E-state index contributed by atoms with van der Waals surface area (Å²) in [5.74, 6) is -0.223. The Morgan fingerprint density at radius 3 is 2.65 bits per heavy atom. The molecule has 0 aliphatic carbocycles. The Labute approximate surface area is 120 Å². The van der Waals surface area contributed by atoms with E-state index in [0.29, 0.717) is 5.75 Å². The van der Waals surface area contributed by atoms with E-state index in [1.165, 1.54) is 31.4 Å². The van der Waals surface area contributed by atoms with Crippen molar-refractivity contribution >= 4 is 27.4 Å². The van der Waals surface area contributed by atoms with Crippen LogP contribution >= 0.6 is 11.6 Å². The molecule has 0 fully saturated rings. The van der Waals surface area contributed by atoms with Gasteiger partial charge in [-0.1, -0.05) is 11.6 Å². The van der Waals surface area contributed by atoms with E-state index in [-0.39, 0.29) is 15.7 Å². The Morgan fingerprint density at radius 1 is 1.30 bits per heavy atom. The second kappa shape index (κ2) is 5.64. The van der Waals surface area contributed by atoms with E-state index in [2.05, 4.69) is 9.71 Å². The first kappa shape index (κ1) is 14.5. The van der Waals surface area contributed by atoms with E-state index in [4.69, 9.17) is 16.3 Å². The summed E-state index contributed by atoms with van der Waals surface area (Å²) in [6.45, 7) is 0. The van der Waals surface area contributed by atoms with Crippen molar-refractivity contribution < 1.29 is 17.5 Å². The van der Waals surface area contributed by atoms with Crippen LogP contribution in [0.25, 0.3) is 0 Å². The summed E-state index contributed by atoms with van der Waals surface area (Å²) >= 11 is 5.87. The van der Waals surface area contributed by atoms with Gasteiger partial charge in [-0.15, -0.1) is 0 Å². The number of hydrogen-bond acceptors (Lipinski definition) is 4. The summed E-state index contributed by atoms with van der Waals surface area (Å²) in [6.07, 6.45) is 0.908. The first-order chi connectivity index (χ1) is 9.42. The lowest BCUT2D eigenvalue weighted by Crippen LogP contribution is -2.14. The van der Waals surface area contributed by atoms with Crippen molar-refractivity contribution in [3.8, 4) is 5.75 Å². The van der Waals surface area contributed by atoms with Crippen LogP contribution in [0.2, 0.25) is 5.02 Å². The zero-order chi connectivity index (χ0) is 14.8. The second-order valence-electron chi connectivity index (χ2n) is 3.76. The molecule has 0 atom stereocenters. The maximum atomic E-state index is 12.7. The van der Waals surface area contributed by atoms with Crippen LogP contribution < -0.4 is 9.46 Å². The van der Waals surface area contributed by atoms with Crippen LogP contribution in [0.4, 0.5) is 10.2 Å². The van der Waals surface area contributed by atoms with Gasteiger partial charge in [0.15, 0.2) is 0 Å². The third-order valence-electron chi connectivity index (χ3n) is 2.39. The number of hydrogen-bond donors (Lipinski definition) is 1. The molecule has 106 valence electrons. The number of ether oxygens (including phenoxy) is 1. The molecule has 2 aromatic rings. The number of rotatable bonds is 4. The molecule has 2 rings (SSSR count). The van der Waals surface area contributed by atoms with Crippen molar-refractivity contribution in [2.24, 2.45) is 0 Å². The standard InChI is InChI=1S/C12H10ClFN2O3S/c1-19-9-3-4-10(13)11(6-9)20(17,18)16-12-5-2-8(14)7-15-12/h2-7H,1H3,(H,15,16). The van der Waals surface area contributed by atoms with Crippen molar-refractivity contribution in [2.75, 3.05) is 11.8 Å². The predicted octanol–water partition coefficient (Wildman–Crippen LogP) is 2.68. The van der Waals surface area contributed by atoms with E-state index in [1.54, 1.807) is 0 Å². The molecular weight excluding hydrogens is 307 g/mol. The number of nitrogens with one attached hydrogen (secondary N) is 1. The Kier molecular flexibility index (Phi) is 4.10. The zero-order valence-electron chi connectivity index (χ0n) is 10.3. The van der Waals surface area contributed by atoms with Gasteiger partial charge in [-0.2, -0.15) is 0 Å². The number of anilines is 1. The molecule has 5 nitrogen and oxygen atoms in total. The van der Waals surface area contributed by atoms with Crippen molar-refractivity contribution in [3.63, 3.8) is 0 Å². The topological polar surface area (TPSA) is 68.3 Å². The molecule has 1 aromatic carbocycles. The van der Waals surface area contributed by atoms with Gasteiger partial charge in [0.2, 0.25) is 0 Å². The molecule has 0 saturated carbocycles. The van der Waals surface area contributed by atoms with E-state index < -0.39 is 15.8 Å². The molecule has 1 N–H and O–H groups in total. The highest BCUT2D eigenvalue weighted by molar-refractivity contribution is 7.92. The molecule has 20 heavy (non-hydrogen) atoms. The van der Waals surface area contributed by atoms with Crippen molar-refractivity contribution in [2.45, 2.75) is 4.90 Å². The Bertz CT molecular complexity index is 720. The number of pyridine rings is 1. The third-order valence-corrected chi connectivity index (χ3v) is 4.23. The number of nitrogens with zero attached hydrogens (tertiary/aromatic N) is 1. The minimum absolute atomic E-state index is 0.00899. The van der Waals surface area contributed by atoms with Crippen molar-refractivity contribution in [3.05, 3.63) is 47.4 Å². The summed E-state index contributed by atoms with van der Waals surface area (Å²) in [4.78, 5) is 3.47. The van der Waals surface area contributed by atoms with E-state index in [9.17, 15) is 12.8 Å². The fraction of sp³-hybridized carbons (Fsp3) is 0.0833. The van der Waals surface area contributed by atoms with Gasteiger partial charge in [-0.05, 0) is 24.3 Å². The summed E-state index contributed by atoms with van der Waals surface area (Å²) in [5, 5.41) is 0.0420. The lowest BCUT2D eigenvalue weighted by Gasteiger charge is -2.10. The molecule has 0 unspecified atom stereocenters. The molecule has 0 aliphatic rings. The molecular formula is C12H10ClFN2O3S. The lowest BCUT2D eigenvalue weighted by molar-refractivity contribution is 0.413. The Morgan fingerprint density at radius 2 is 2.05 bits per heavy atom. The monoisotopic (exact) mass is 316 g/mol. The smallest absolute Gasteiger partial charge is 0.264 e. The lowest BCUT2D eigenvalue weighted by atomic mass is 10.3. The molecule has 1 heterocycles. The average Bonchev–Trinajstić information content (AvgIpc) is 2.41. The number of benzene rings is 1. The number of sulfonamides is 1. The summed E-state index contributed by atoms with van der Waals surface area (Å²) in [7, 11) is -2.53. The van der Waals surface area contributed by atoms with E-state index in [1.807, 2.05) is 0 Å². The van der Waals surface area contributed by atoms with Gasteiger partial charge >= 0.3 is 0 Å². The van der Waals surface area contributed by atoms with Crippen LogP contribution in [0.3, 0.4) is 0 Å². The fourth-order valence-electron chi connectivity index (χ4n) is 1.45. The molecule has 1 aromatic heterocycles. The van der Waals surface area contributed by atoms with Gasteiger partial charge in [0.1, 0.15) is 22.3 Å². The quantitative estimate of drug-likeness (QED) is 0.941. The molecule has 0 amide bonds. The van der Waals surface area contributed by atoms with Crippen LogP contribution in [0.15, 0.2) is 41.4 Å². The van der Waals surface area contributed by atoms with Gasteiger partial charge in [-0.25, -0.2) is 17.8 Å². The van der Waals surface area contributed by atoms with Gasteiger partial charge < -0.3 is 4.74 Å². The highest BCUT2D eigenvalue weighted by Gasteiger charge is 2.19. The van der Waals surface area contributed by atoms with E-state index >= 15 is 0 Å². The van der Waals surface area contributed by atoms with Crippen LogP contribution in [-0.4, -0.2) is 20.5 Å². The molecule has 0 saturated heterocycles. The van der Waals surface area contributed by atoms with Crippen LogP contribution in [0.1, 0.15) is 0 Å². The largest absolute Gasteiger partial charge is 0.497 e. The predicted molar refractivity (Wildman–Crippen MR) is 73.0 cm³/mol. The van der Waals surface area contributed by atoms with Crippen molar-refractivity contribution in [1.29, 1.82) is 0 Å². The SMILES string of the molecule is COc1ccc(Cl)c(S(=O)(=O)Nc2ccc(F)cn2)c1. The third kappa shape index (κ3) is 3.17. The first-order valence-corrected chi connectivity index (χ1v) is 7.26. The Hall–Kier alpha value is -1.86. The Balaban J connectivity index is 2.37. The van der Waals surface area contributed by atoms with Crippen LogP contribution in [-0.2, 0) is 10.0 Å². The molecule has 0 spiro atoms. The molecule has 0 aliphatic heterocycles. The van der Waals surface area contributed by atoms with Crippen molar-refractivity contribution in [1.82, 2.24) is 4.98 Å². The van der Waals surface area contributed by atoms with Gasteiger partial charge in [-0.3, -0.25) is 4.72 Å². The normalized spacial score (nSPS) is 11.2. The number of methoxy groups -OCH3 is 1. The van der Waals surface area contributed by atoms with Gasteiger partial charge in [0.25, 0.3) is 10.0 Å². The molecule has 0 bridgehead atoms. The molecule has 8 heteroatoms. The summed E-state index contributed by atoms with van der Waals surface area (Å²) < 4.78 is 44.3. The number of halogens is 2. The average molecular weight is 317 g/mol. The molecule has 0 radical (unpaired) electrons. The first-order valence-electron chi connectivity index (χ1n) is 5.40.